The van der Waals surface area contributed by atoms with E-state index in [1.165, 1.54) is 0 Å². The number of hydrogen-bond acceptors (Lipinski definition) is 3. The summed E-state index contributed by atoms with van der Waals surface area (Å²) in [6, 6.07) is 9.60. The number of carbonyl (C=O) groups excluding carboxylic acids is 1. The summed E-state index contributed by atoms with van der Waals surface area (Å²) < 4.78 is 5.23. The second-order valence-electron chi connectivity index (χ2n) is 4.68. The molecular weight excluding hydrogens is 204 g/mol. The Balaban J connectivity index is 1.85. The number of carbonyl (C=O) groups is 1. The van der Waals surface area contributed by atoms with Crippen LogP contribution >= 0.6 is 0 Å². The SMILES string of the molecule is CC1(C(=O)OCc2ccccc2)CC(O)C1. The average molecular weight is 220 g/mol. The van der Waals surface area contributed by atoms with Gasteiger partial charge in [0.25, 0.3) is 0 Å². The maximum Gasteiger partial charge on any atom is 0.312 e. The van der Waals surface area contributed by atoms with Gasteiger partial charge in [0.15, 0.2) is 0 Å². The Morgan fingerprint density at radius 2 is 2.06 bits per heavy atom. The van der Waals surface area contributed by atoms with E-state index in [1.807, 2.05) is 37.3 Å². The summed E-state index contributed by atoms with van der Waals surface area (Å²) in [6.07, 6.45) is 0.690. The number of ether oxygens (including phenoxy) is 1. The Bertz CT molecular complexity index is 366. The zero-order valence-corrected chi connectivity index (χ0v) is 9.35. The molecule has 2 rings (SSSR count). The quantitative estimate of drug-likeness (QED) is 0.791. The molecule has 0 heterocycles. The van der Waals surface area contributed by atoms with Gasteiger partial charge in [0.05, 0.1) is 11.5 Å². The smallest absolute Gasteiger partial charge is 0.312 e. The van der Waals surface area contributed by atoms with Crippen molar-refractivity contribution in [1.82, 2.24) is 0 Å². The van der Waals surface area contributed by atoms with Gasteiger partial charge < -0.3 is 9.84 Å². The first-order valence-electron chi connectivity index (χ1n) is 5.49. The van der Waals surface area contributed by atoms with Gasteiger partial charge in [-0.2, -0.15) is 0 Å². The van der Waals surface area contributed by atoms with Crippen LogP contribution < -0.4 is 0 Å². The fourth-order valence-electron chi connectivity index (χ4n) is 2.04. The number of esters is 1. The first-order valence-corrected chi connectivity index (χ1v) is 5.49. The van der Waals surface area contributed by atoms with Crippen molar-refractivity contribution in [2.45, 2.75) is 32.5 Å². The summed E-state index contributed by atoms with van der Waals surface area (Å²) in [7, 11) is 0. The molecule has 1 saturated carbocycles. The van der Waals surface area contributed by atoms with Gasteiger partial charge in [-0.1, -0.05) is 30.3 Å². The molecule has 1 aliphatic carbocycles. The van der Waals surface area contributed by atoms with Crippen molar-refractivity contribution in [2.75, 3.05) is 0 Å². The minimum Gasteiger partial charge on any atom is -0.460 e. The lowest BCUT2D eigenvalue weighted by atomic mass is 9.68. The predicted octanol–water partition coefficient (Wildman–Crippen LogP) is 1.89. The zero-order chi connectivity index (χ0) is 11.6. The van der Waals surface area contributed by atoms with Crippen LogP contribution in [0.5, 0.6) is 0 Å². The van der Waals surface area contributed by atoms with E-state index in [0.717, 1.165) is 5.56 Å². The monoisotopic (exact) mass is 220 g/mol. The average Bonchev–Trinajstić information content (AvgIpc) is 2.25. The molecule has 1 aromatic carbocycles. The summed E-state index contributed by atoms with van der Waals surface area (Å²) >= 11 is 0. The van der Waals surface area contributed by atoms with Crippen molar-refractivity contribution >= 4 is 5.97 Å². The van der Waals surface area contributed by atoms with E-state index in [1.54, 1.807) is 0 Å². The van der Waals surface area contributed by atoms with Gasteiger partial charge >= 0.3 is 5.97 Å². The summed E-state index contributed by atoms with van der Waals surface area (Å²) in [4.78, 5) is 11.7. The van der Waals surface area contributed by atoms with Crippen LogP contribution in [0.15, 0.2) is 30.3 Å². The van der Waals surface area contributed by atoms with E-state index in [2.05, 4.69) is 0 Å². The molecule has 0 spiro atoms. The second kappa shape index (κ2) is 4.26. The first-order chi connectivity index (χ1) is 7.60. The van der Waals surface area contributed by atoms with Crippen LogP contribution in [-0.2, 0) is 16.1 Å². The molecule has 0 amide bonds. The Morgan fingerprint density at radius 3 is 2.62 bits per heavy atom. The topological polar surface area (TPSA) is 46.5 Å². The molecule has 1 aliphatic rings. The Kier molecular flexibility index (Phi) is 2.97. The molecule has 0 atom stereocenters. The van der Waals surface area contributed by atoms with Crippen molar-refractivity contribution in [2.24, 2.45) is 5.41 Å². The normalized spacial score (nSPS) is 28.2. The van der Waals surface area contributed by atoms with Gasteiger partial charge in [0.1, 0.15) is 6.61 Å². The van der Waals surface area contributed by atoms with Crippen LogP contribution in [0, 0.1) is 5.41 Å². The zero-order valence-electron chi connectivity index (χ0n) is 9.35. The van der Waals surface area contributed by atoms with Crippen molar-refractivity contribution in [3.63, 3.8) is 0 Å². The van der Waals surface area contributed by atoms with Gasteiger partial charge in [-0.3, -0.25) is 4.79 Å². The van der Waals surface area contributed by atoms with Crippen molar-refractivity contribution in [3.05, 3.63) is 35.9 Å². The number of hydrogen-bond donors (Lipinski definition) is 1. The fourth-order valence-corrected chi connectivity index (χ4v) is 2.04. The highest BCUT2D eigenvalue weighted by atomic mass is 16.5. The molecule has 3 nitrogen and oxygen atoms in total. The van der Waals surface area contributed by atoms with E-state index in [0.29, 0.717) is 19.4 Å². The van der Waals surface area contributed by atoms with Crippen LogP contribution in [0.3, 0.4) is 0 Å². The first kappa shape index (κ1) is 11.1. The third-order valence-electron chi connectivity index (χ3n) is 3.08. The highest BCUT2D eigenvalue weighted by Gasteiger charge is 2.46. The fraction of sp³-hybridized carbons (Fsp3) is 0.462. The van der Waals surface area contributed by atoms with Gasteiger partial charge in [-0.05, 0) is 25.3 Å². The van der Waals surface area contributed by atoms with Gasteiger partial charge in [-0.25, -0.2) is 0 Å². The van der Waals surface area contributed by atoms with E-state index in [-0.39, 0.29) is 12.1 Å². The number of aliphatic hydroxyl groups is 1. The molecule has 1 N–H and O–H groups in total. The van der Waals surface area contributed by atoms with Crippen LogP contribution in [0.2, 0.25) is 0 Å². The molecule has 16 heavy (non-hydrogen) atoms. The third-order valence-corrected chi connectivity index (χ3v) is 3.08. The van der Waals surface area contributed by atoms with Crippen LogP contribution in [0.1, 0.15) is 25.3 Å². The van der Waals surface area contributed by atoms with Gasteiger partial charge in [0.2, 0.25) is 0 Å². The summed E-state index contributed by atoms with van der Waals surface area (Å²) in [5.41, 5.74) is 0.508. The number of aliphatic hydroxyl groups excluding tert-OH is 1. The Hall–Kier alpha value is -1.35. The van der Waals surface area contributed by atoms with E-state index in [4.69, 9.17) is 4.74 Å². The minimum atomic E-state index is -0.478. The molecule has 1 aromatic rings. The summed E-state index contributed by atoms with van der Waals surface area (Å²) in [5, 5.41) is 9.21. The number of rotatable bonds is 3. The molecular formula is C13H16O3. The summed E-state index contributed by atoms with van der Waals surface area (Å²) in [5.74, 6) is -0.207. The highest BCUT2D eigenvalue weighted by Crippen LogP contribution is 2.41. The van der Waals surface area contributed by atoms with Crippen LogP contribution in [0.25, 0.3) is 0 Å². The Labute approximate surface area is 95.0 Å². The molecule has 1 fully saturated rings. The van der Waals surface area contributed by atoms with E-state index < -0.39 is 5.41 Å². The Morgan fingerprint density at radius 1 is 1.44 bits per heavy atom. The lowest BCUT2D eigenvalue weighted by molar-refractivity contribution is -0.169. The lowest BCUT2D eigenvalue weighted by Gasteiger charge is -2.39. The van der Waals surface area contributed by atoms with Crippen LogP contribution in [-0.4, -0.2) is 17.2 Å². The third kappa shape index (κ3) is 2.25. The number of benzene rings is 1. The maximum atomic E-state index is 11.7. The molecule has 0 radical (unpaired) electrons. The lowest BCUT2D eigenvalue weighted by Crippen LogP contribution is -2.45. The van der Waals surface area contributed by atoms with Gasteiger partial charge in [0, 0.05) is 0 Å². The van der Waals surface area contributed by atoms with E-state index >= 15 is 0 Å². The van der Waals surface area contributed by atoms with Crippen molar-refractivity contribution < 1.29 is 14.6 Å². The standard InChI is InChI=1S/C13H16O3/c1-13(7-11(14)8-13)12(15)16-9-10-5-3-2-4-6-10/h2-6,11,14H,7-9H2,1H3. The largest absolute Gasteiger partial charge is 0.460 e. The molecule has 0 bridgehead atoms. The minimum absolute atomic E-state index is 0.207. The second-order valence-corrected chi connectivity index (χ2v) is 4.68. The highest BCUT2D eigenvalue weighted by molar-refractivity contribution is 5.77. The molecule has 0 aliphatic heterocycles. The van der Waals surface area contributed by atoms with E-state index in [9.17, 15) is 9.90 Å². The molecule has 86 valence electrons. The van der Waals surface area contributed by atoms with Crippen molar-refractivity contribution in [3.8, 4) is 0 Å². The summed E-state index contributed by atoms with van der Waals surface area (Å²) in [6.45, 7) is 2.15. The van der Waals surface area contributed by atoms with Gasteiger partial charge in [-0.15, -0.1) is 0 Å². The van der Waals surface area contributed by atoms with Crippen LogP contribution in [0.4, 0.5) is 0 Å². The molecule has 0 saturated heterocycles. The molecule has 0 unspecified atom stereocenters. The molecule has 3 heteroatoms. The van der Waals surface area contributed by atoms with Crippen molar-refractivity contribution in [1.29, 1.82) is 0 Å². The predicted molar refractivity (Wildman–Crippen MR) is 59.6 cm³/mol. The maximum absolute atomic E-state index is 11.7. The molecule has 0 aromatic heterocycles.